The van der Waals surface area contributed by atoms with Crippen molar-refractivity contribution in [1.29, 1.82) is 0 Å². The van der Waals surface area contributed by atoms with Gasteiger partial charge in [0.1, 0.15) is 0 Å². The van der Waals surface area contributed by atoms with Gasteiger partial charge < -0.3 is 4.57 Å². The maximum atomic E-state index is 5.61. The fraction of sp³-hybridized carbons (Fsp3) is 0. The monoisotopic (exact) mass is 827 g/mol. The molecule has 0 unspecified atom stereocenters. The van der Waals surface area contributed by atoms with E-state index < -0.39 is 0 Å². The Morgan fingerprint density at radius 1 is 0.292 bits per heavy atom. The minimum absolute atomic E-state index is 0.625. The van der Waals surface area contributed by atoms with E-state index in [1.807, 2.05) is 60.7 Å². The molecule has 13 rings (SSSR count). The zero-order valence-electron chi connectivity index (χ0n) is 35.1. The van der Waals surface area contributed by atoms with E-state index >= 15 is 0 Å². The van der Waals surface area contributed by atoms with E-state index in [0.717, 1.165) is 77.3 Å². The van der Waals surface area contributed by atoms with Crippen LogP contribution in [0.15, 0.2) is 224 Å². The molecule has 10 aromatic carbocycles. The van der Waals surface area contributed by atoms with Crippen LogP contribution >= 0.6 is 0 Å². The predicted molar refractivity (Wildman–Crippen MR) is 269 cm³/mol. The topological polar surface area (TPSA) is 56.5 Å². The molecule has 13 aromatic rings. The average Bonchev–Trinajstić information content (AvgIpc) is 3.73. The van der Waals surface area contributed by atoms with Crippen LogP contribution in [0.25, 0.3) is 127 Å². The van der Waals surface area contributed by atoms with E-state index in [2.05, 4.69) is 168 Å². The summed E-state index contributed by atoms with van der Waals surface area (Å²) in [6.07, 6.45) is 0. The summed E-state index contributed by atoms with van der Waals surface area (Å²) in [7, 11) is 0. The third kappa shape index (κ3) is 6.01. The van der Waals surface area contributed by atoms with Crippen molar-refractivity contribution in [2.75, 3.05) is 0 Å². The molecule has 0 saturated heterocycles. The fourth-order valence-electron chi connectivity index (χ4n) is 9.86. The minimum Gasteiger partial charge on any atom is -0.309 e. The van der Waals surface area contributed by atoms with Crippen LogP contribution in [0.3, 0.4) is 0 Å². The Balaban J connectivity index is 1.06. The van der Waals surface area contributed by atoms with Gasteiger partial charge in [-0.3, -0.25) is 0 Å². The predicted octanol–water partition coefficient (Wildman–Crippen LogP) is 15.3. The van der Waals surface area contributed by atoms with E-state index in [1.165, 1.54) is 32.4 Å². The summed E-state index contributed by atoms with van der Waals surface area (Å²) in [6.45, 7) is 0. The van der Waals surface area contributed by atoms with Crippen molar-refractivity contribution < 1.29 is 0 Å². The highest BCUT2D eigenvalue weighted by Gasteiger charge is 2.23. The van der Waals surface area contributed by atoms with Crippen LogP contribution in [0.5, 0.6) is 0 Å². The van der Waals surface area contributed by atoms with Gasteiger partial charge in [-0.15, -0.1) is 0 Å². The van der Waals surface area contributed by atoms with Gasteiger partial charge in [0.15, 0.2) is 17.5 Å². The van der Waals surface area contributed by atoms with Crippen molar-refractivity contribution in [1.82, 2.24) is 24.5 Å². The highest BCUT2D eigenvalue weighted by Crippen LogP contribution is 2.46. The van der Waals surface area contributed by atoms with Gasteiger partial charge in [-0.05, 0) is 51.6 Å². The number of fused-ring (bicyclic) bond motifs is 10. The summed E-state index contributed by atoms with van der Waals surface area (Å²) in [5.74, 6) is 1.90. The molecule has 5 nitrogen and oxygen atoms in total. The van der Waals surface area contributed by atoms with E-state index in [1.54, 1.807) is 0 Å². The normalized spacial score (nSPS) is 11.7. The molecule has 0 spiro atoms. The van der Waals surface area contributed by atoms with Crippen molar-refractivity contribution in [2.45, 2.75) is 0 Å². The molecule has 0 atom stereocenters. The van der Waals surface area contributed by atoms with Gasteiger partial charge in [0, 0.05) is 54.6 Å². The second kappa shape index (κ2) is 14.9. The number of benzene rings is 10. The molecule has 0 fully saturated rings. The number of nitrogens with zero attached hydrogens (tertiary/aromatic N) is 5. The Bertz CT molecular complexity index is 3910. The first-order valence-corrected chi connectivity index (χ1v) is 22.0. The zero-order chi connectivity index (χ0) is 42.8. The molecule has 5 heteroatoms. The third-order valence-electron chi connectivity index (χ3n) is 12.8. The molecule has 3 aromatic heterocycles. The maximum Gasteiger partial charge on any atom is 0.164 e. The smallest absolute Gasteiger partial charge is 0.164 e. The third-order valence-corrected chi connectivity index (χ3v) is 12.8. The van der Waals surface area contributed by atoms with Crippen molar-refractivity contribution in [2.24, 2.45) is 0 Å². The lowest BCUT2D eigenvalue weighted by molar-refractivity contribution is 1.07. The molecule has 0 amide bonds. The van der Waals surface area contributed by atoms with Crippen LogP contribution in [0.2, 0.25) is 0 Å². The van der Waals surface area contributed by atoms with Crippen molar-refractivity contribution in [3.05, 3.63) is 224 Å². The number of pyridine rings is 1. The minimum atomic E-state index is 0.625. The highest BCUT2D eigenvalue weighted by atomic mass is 15.0. The SMILES string of the molecule is c1ccc(-c2nc(-c3ccccc3)nc(-c3ccc(-c4cc5nc(-c6ccccc6)c6ccc7c(c8ccccc8n7-c7cccc8ccccc78)c6c5c5ccccc45)cc3)n2)cc1. The lowest BCUT2D eigenvalue weighted by Crippen LogP contribution is -2.00. The number of para-hydroxylation sites is 1. The van der Waals surface area contributed by atoms with Gasteiger partial charge in [-0.2, -0.15) is 0 Å². The molecule has 0 aliphatic carbocycles. The Hall–Kier alpha value is -8.80. The molecule has 0 saturated carbocycles. The van der Waals surface area contributed by atoms with Gasteiger partial charge in [0.25, 0.3) is 0 Å². The molecule has 0 radical (unpaired) electrons. The van der Waals surface area contributed by atoms with Crippen LogP contribution in [-0.2, 0) is 0 Å². The highest BCUT2D eigenvalue weighted by molar-refractivity contribution is 6.34. The standard InChI is InChI=1S/C60H37N5/c1-4-18-40(19-5-1)57-48-35-36-53-55(47-28-14-15-29-52(47)65(53)51-30-16-24-38-17-10-11-25-44(38)51)56(48)54-46-27-13-12-26-45(46)49(37-50(54)61-57)39-31-33-43(34-32-39)60-63-58(41-20-6-2-7-21-41)62-59(64-60)42-22-8-3-9-23-42/h1-37H. The quantitative estimate of drug-likeness (QED) is 0.157. The lowest BCUT2D eigenvalue weighted by atomic mass is 9.90. The molecule has 302 valence electrons. The van der Waals surface area contributed by atoms with Crippen molar-refractivity contribution in [3.63, 3.8) is 0 Å². The van der Waals surface area contributed by atoms with Gasteiger partial charge in [0.05, 0.1) is 27.9 Å². The van der Waals surface area contributed by atoms with E-state index in [9.17, 15) is 0 Å². The van der Waals surface area contributed by atoms with E-state index in [0.29, 0.717) is 17.5 Å². The number of hydrogen-bond acceptors (Lipinski definition) is 4. The summed E-state index contributed by atoms with van der Waals surface area (Å²) in [6, 6.07) is 79.3. The molecular formula is C60H37N5. The Kier molecular flexibility index (Phi) is 8.46. The molecule has 0 aliphatic rings. The molecule has 65 heavy (non-hydrogen) atoms. The van der Waals surface area contributed by atoms with Crippen LogP contribution in [0, 0.1) is 0 Å². The molecular weight excluding hydrogens is 791 g/mol. The first kappa shape index (κ1) is 36.8. The van der Waals surface area contributed by atoms with E-state index in [-0.39, 0.29) is 0 Å². The molecule has 0 N–H and O–H groups in total. The van der Waals surface area contributed by atoms with Gasteiger partial charge in [-0.25, -0.2) is 19.9 Å². The maximum absolute atomic E-state index is 5.61. The summed E-state index contributed by atoms with van der Waals surface area (Å²) in [4.78, 5) is 20.5. The van der Waals surface area contributed by atoms with Crippen LogP contribution in [0.1, 0.15) is 0 Å². The summed E-state index contributed by atoms with van der Waals surface area (Å²) < 4.78 is 2.46. The van der Waals surface area contributed by atoms with Gasteiger partial charge >= 0.3 is 0 Å². The van der Waals surface area contributed by atoms with Gasteiger partial charge in [0.2, 0.25) is 0 Å². The largest absolute Gasteiger partial charge is 0.309 e. The Labute approximate surface area is 374 Å². The van der Waals surface area contributed by atoms with Crippen LogP contribution in [0.4, 0.5) is 0 Å². The van der Waals surface area contributed by atoms with E-state index in [4.69, 9.17) is 19.9 Å². The summed E-state index contributed by atoms with van der Waals surface area (Å²) in [5, 5.41) is 10.7. The average molecular weight is 828 g/mol. The van der Waals surface area contributed by atoms with Crippen molar-refractivity contribution >= 4 is 65.0 Å². The summed E-state index contributed by atoms with van der Waals surface area (Å²) >= 11 is 0. The molecule has 0 aliphatic heterocycles. The fourth-order valence-corrected chi connectivity index (χ4v) is 9.86. The summed E-state index contributed by atoms with van der Waals surface area (Å²) in [5.41, 5.74) is 11.5. The Morgan fingerprint density at radius 2 is 0.815 bits per heavy atom. The van der Waals surface area contributed by atoms with Gasteiger partial charge in [-0.1, -0.05) is 200 Å². The molecule has 0 bridgehead atoms. The zero-order valence-corrected chi connectivity index (χ0v) is 35.1. The van der Waals surface area contributed by atoms with Crippen LogP contribution in [-0.4, -0.2) is 24.5 Å². The molecule has 3 heterocycles. The number of rotatable bonds is 6. The lowest BCUT2D eigenvalue weighted by Gasteiger charge is -2.17. The first-order valence-electron chi connectivity index (χ1n) is 22.0. The second-order valence-corrected chi connectivity index (χ2v) is 16.5. The Morgan fingerprint density at radius 3 is 1.49 bits per heavy atom. The van der Waals surface area contributed by atoms with Crippen molar-refractivity contribution in [3.8, 4) is 62.2 Å². The second-order valence-electron chi connectivity index (χ2n) is 16.5. The number of hydrogen-bond donors (Lipinski definition) is 0. The number of aromatic nitrogens is 5. The first-order chi connectivity index (χ1) is 32.2. The van der Waals surface area contributed by atoms with Crippen LogP contribution < -0.4 is 0 Å².